The summed E-state index contributed by atoms with van der Waals surface area (Å²) in [4.78, 5) is 26.5. The third kappa shape index (κ3) is 3.98. The van der Waals surface area contributed by atoms with Gasteiger partial charge in [0.1, 0.15) is 11.4 Å². The highest BCUT2D eigenvalue weighted by Crippen LogP contribution is 2.36. The molecular weight excluding hydrogens is 266 g/mol. The number of carbonyl (C=O) groups is 2. The van der Waals surface area contributed by atoms with Gasteiger partial charge in [-0.2, -0.15) is 0 Å². The van der Waals surface area contributed by atoms with Crippen molar-refractivity contribution in [2.75, 3.05) is 6.54 Å². The van der Waals surface area contributed by atoms with E-state index in [1.54, 1.807) is 0 Å². The van der Waals surface area contributed by atoms with Crippen LogP contribution in [0.1, 0.15) is 66.2 Å². The summed E-state index contributed by atoms with van der Waals surface area (Å²) in [5, 5.41) is 0. The minimum atomic E-state index is -0.483. The lowest BCUT2D eigenvalue weighted by atomic mass is 9.82. The summed E-state index contributed by atoms with van der Waals surface area (Å²) in [5.74, 6) is 0.999. The van der Waals surface area contributed by atoms with Crippen LogP contribution in [-0.2, 0) is 9.53 Å². The van der Waals surface area contributed by atoms with E-state index >= 15 is 0 Å². The maximum atomic E-state index is 12.5. The molecule has 1 aliphatic heterocycles. The Kier molecular flexibility index (Phi) is 4.95. The Morgan fingerprint density at radius 2 is 2.05 bits per heavy atom. The van der Waals surface area contributed by atoms with Crippen LogP contribution in [0.15, 0.2) is 0 Å². The summed E-state index contributed by atoms with van der Waals surface area (Å²) in [6, 6.07) is 0.0496. The smallest absolute Gasteiger partial charge is 0.410 e. The molecule has 120 valence electrons. The van der Waals surface area contributed by atoms with Crippen molar-refractivity contribution in [2.45, 2.75) is 77.9 Å². The summed E-state index contributed by atoms with van der Waals surface area (Å²) < 4.78 is 5.55. The fourth-order valence-electron chi connectivity index (χ4n) is 3.62. The Hall–Kier alpha value is -1.06. The van der Waals surface area contributed by atoms with Crippen LogP contribution in [0.2, 0.25) is 0 Å². The maximum Gasteiger partial charge on any atom is 0.410 e. The van der Waals surface area contributed by atoms with Crippen molar-refractivity contribution in [2.24, 2.45) is 11.8 Å². The Labute approximate surface area is 128 Å². The monoisotopic (exact) mass is 295 g/mol. The molecule has 2 fully saturated rings. The number of piperidine rings is 1. The molecule has 0 spiro atoms. The standard InChI is InChI=1S/C17H29NO3/c1-5-12-9-10-18(16(20)21-17(2,3)4)14(11-12)13-7-6-8-15(13)19/h12-14H,5-11H2,1-4H3. The molecule has 1 saturated heterocycles. The van der Waals surface area contributed by atoms with Gasteiger partial charge in [0.25, 0.3) is 0 Å². The van der Waals surface area contributed by atoms with E-state index in [1.807, 2.05) is 25.7 Å². The first kappa shape index (κ1) is 16.3. The number of hydrogen-bond donors (Lipinski definition) is 0. The fraction of sp³-hybridized carbons (Fsp3) is 0.882. The number of ether oxygens (including phenoxy) is 1. The molecule has 0 radical (unpaired) electrons. The first-order chi connectivity index (χ1) is 9.81. The molecule has 4 heteroatoms. The number of ketones is 1. The Bertz CT molecular complexity index is 399. The number of amides is 1. The zero-order valence-electron chi connectivity index (χ0n) is 13.9. The van der Waals surface area contributed by atoms with Gasteiger partial charge in [0.2, 0.25) is 0 Å². The molecule has 3 unspecified atom stereocenters. The summed E-state index contributed by atoms with van der Waals surface area (Å²) in [5.41, 5.74) is -0.483. The highest BCUT2D eigenvalue weighted by atomic mass is 16.6. The van der Waals surface area contributed by atoms with Crippen molar-refractivity contribution in [3.8, 4) is 0 Å². The molecule has 2 aliphatic rings. The predicted molar refractivity (Wildman–Crippen MR) is 82.1 cm³/mol. The third-order valence-electron chi connectivity index (χ3n) is 4.78. The van der Waals surface area contributed by atoms with Gasteiger partial charge in [-0.1, -0.05) is 13.3 Å². The zero-order valence-corrected chi connectivity index (χ0v) is 13.9. The number of nitrogens with zero attached hydrogens (tertiary/aromatic N) is 1. The van der Waals surface area contributed by atoms with E-state index in [0.29, 0.717) is 18.1 Å². The van der Waals surface area contributed by atoms with Crippen molar-refractivity contribution >= 4 is 11.9 Å². The van der Waals surface area contributed by atoms with Gasteiger partial charge >= 0.3 is 6.09 Å². The molecule has 0 aromatic heterocycles. The number of hydrogen-bond acceptors (Lipinski definition) is 3. The van der Waals surface area contributed by atoms with Crippen LogP contribution in [0, 0.1) is 11.8 Å². The lowest BCUT2D eigenvalue weighted by Crippen LogP contribution is -2.51. The van der Waals surface area contributed by atoms with Crippen molar-refractivity contribution in [3.05, 3.63) is 0 Å². The van der Waals surface area contributed by atoms with E-state index in [2.05, 4.69) is 6.92 Å². The summed E-state index contributed by atoms with van der Waals surface area (Å²) in [7, 11) is 0. The molecule has 0 bridgehead atoms. The maximum absolute atomic E-state index is 12.5. The van der Waals surface area contributed by atoms with Gasteiger partial charge in [-0.3, -0.25) is 4.79 Å². The van der Waals surface area contributed by atoms with Crippen LogP contribution in [0.4, 0.5) is 4.79 Å². The quantitative estimate of drug-likeness (QED) is 0.779. The Balaban J connectivity index is 2.13. The average molecular weight is 295 g/mol. The second-order valence-corrected chi connectivity index (χ2v) is 7.50. The highest BCUT2D eigenvalue weighted by Gasteiger charge is 2.42. The summed E-state index contributed by atoms with van der Waals surface area (Å²) in [6.45, 7) is 8.58. The van der Waals surface area contributed by atoms with E-state index in [4.69, 9.17) is 4.74 Å². The minimum Gasteiger partial charge on any atom is -0.444 e. The molecule has 0 aromatic carbocycles. The van der Waals surface area contributed by atoms with Gasteiger partial charge < -0.3 is 9.64 Å². The van der Waals surface area contributed by atoms with Gasteiger partial charge in [0.15, 0.2) is 0 Å². The molecule has 4 nitrogen and oxygen atoms in total. The SMILES string of the molecule is CCC1CCN(C(=O)OC(C)(C)C)C(C2CCCC2=O)C1. The van der Waals surface area contributed by atoms with Crippen molar-refractivity contribution in [3.63, 3.8) is 0 Å². The molecule has 0 aromatic rings. The topological polar surface area (TPSA) is 46.6 Å². The fourth-order valence-corrected chi connectivity index (χ4v) is 3.62. The Morgan fingerprint density at radius 3 is 2.57 bits per heavy atom. The largest absolute Gasteiger partial charge is 0.444 e. The van der Waals surface area contributed by atoms with Crippen LogP contribution in [0.25, 0.3) is 0 Å². The van der Waals surface area contributed by atoms with E-state index in [0.717, 1.165) is 38.6 Å². The molecule has 1 amide bonds. The second kappa shape index (κ2) is 6.37. The number of likely N-dealkylation sites (tertiary alicyclic amines) is 1. The molecule has 2 rings (SSSR count). The highest BCUT2D eigenvalue weighted by molar-refractivity contribution is 5.84. The van der Waals surface area contributed by atoms with E-state index in [9.17, 15) is 9.59 Å². The van der Waals surface area contributed by atoms with Crippen LogP contribution in [-0.4, -0.2) is 35.0 Å². The van der Waals surface area contributed by atoms with Crippen LogP contribution in [0.3, 0.4) is 0 Å². The number of Topliss-reactive ketones (excluding diaryl/α,β-unsaturated/α-hetero) is 1. The predicted octanol–water partition coefficient (Wildman–Crippen LogP) is 3.78. The van der Waals surface area contributed by atoms with Crippen molar-refractivity contribution < 1.29 is 14.3 Å². The first-order valence-corrected chi connectivity index (χ1v) is 8.34. The average Bonchev–Trinajstić information content (AvgIpc) is 2.82. The molecule has 1 saturated carbocycles. The molecule has 0 N–H and O–H groups in total. The summed E-state index contributed by atoms with van der Waals surface area (Å²) >= 11 is 0. The van der Waals surface area contributed by atoms with Crippen molar-refractivity contribution in [1.29, 1.82) is 0 Å². The lowest BCUT2D eigenvalue weighted by molar-refractivity contribution is -0.123. The normalized spacial score (nSPS) is 30.6. The first-order valence-electron chi connectivity index (χ1n) is 8.34. The molecule has 21 heavy (non-hydrogen) atoms. The van der Waals surface area contributed by atoms with E-state index in [1.165, 1.54) is 0 Å². The molecular formula is C17H29NO3. The lowest BCUT2D eigenvalue weighted by Gasteiger charge is -2.42. The molecule has 1 aliphatic carbocycles. The molecule has 1 heterocycles. The van der Waals surface area contributed by atoms with Gasteiger partial charge in [-0.05, 0) is 52.4 Å². The van der Waals surface area contributed by atoms with E-state index in [-0.39, 0.29) is 18.1 Å². The van der Waals surface area contributed by atoms with Gasteiger partial charge in [-0.25, -0.2) is 4.79 Å². The van der Waals surface area contributed by atoms with Gasteiger partial charge in [-0.15, -0.1) is 0 Å². The second-order valence-electron chi connectivity index (χ2n) is 7.50. The van der Waals surface area contributed by atoms with Crippen LogP contribution in [0.5, 0.6) is 0 Å². The molecule has 3 atom stereocenters. The van der Waals surface area contributed by atoms with Gasteiger partial charge in [0.05, 0.1) is 0 Å². The zero-order chi connectivity index (χ0) is 15.6. The minimum absolute atomic E-state index is 0.0341. The summed E-state index contributed by atoms with van der Waals surface area (Å²) in [6.07, 6.45) is 5.43. The van der Waals surface area contributed by atoms with Crippen molar-refractivity contribution in [1.82, 2.24) is 4.90 Å². The van der Waals surface area contributed by atoms with Crippen LogP contribution >= 0.6 is 0 Å². The van der Waals surface area contributed by atoms with Crippen LogP contribution < -0.4 is 0 Å². The number of rotatable bonds is 2. The number of carbonyl (C=O) groups excluding carboxylic acids is 2. The van der Waals surface area contributed by atoms with E-state index < -0.39 is 5.60 Å². The third-order valence-corrected chi connectivity index (χ3v) is 4.78. The van der Waals surface area contributed by atoms with Gasteiger partial charge in [0, 0.05) is 24.9 Å². The Morgan fingerprint density at radius 1 is 1.33 bits per heavy atom.